The maximum absolute atomic E-state index is 12.3. The molecule has 0 atom stereocenters. The Balaban J connectivity index is 1.68. The Kier molecular flexibility index (Phi) is 4.98. The van der Waals surface area contributed by atoms with E-state index in [0.717, 1.165) is 22.6 Å². The largest absolute Gasteiger partial charge is 0.352 e. The first kappa shape index (κ1) is 17.0. The number of carbonyl (C=O) groups is 1. The van der Waals surface area contributed by atoms with Crippen LogP contribution in [0.25, 0.3) is 5.69 Å². The zero-order valence-corrected chi connectivity index (χ0v) is 14.9. The molecule has 1 N–H and O–H groups in total. The van der Waals surface area contributed by atoms with Crippen molar-refractivity contribution in [2.75, 3.05) is 0 Å². The van der Waals surface area contributed by atoms with Gasteiger partial charge in [0.25, 0.3) is 0 Å². The predicted molar refractivity (Wildman–Crippen MR) is 99.8 cm³/mol. The Bertz CT molecular complexity index is 896. The summed E-state index contributed by atoms with van der Waals surface area (Å²) in [5.41, 5.74) is 5.61. The van der Waals surface area contributed by atoms with Crippen LogP contribution in [0.4, 0.5) is 0 Å². The standard InChI is InChI=1S/C21H23N3O/c1-15-8-9-18(12-16(15)2)13-21(25)23-14-19-6-4-5-7-20(19)24-11-10-22-17(24)3/h4-12H,13-14H2,1-3H3,(H,23,25). The van der Waals surface area contributed by atoms with Crippen LogP contribution in [0.2, 0.25) is 0 Å². The molecule has 4 nitrogen and oxygen atoms in total. The van der Waals surface area contributed by atoms with E-state index in [2.05, 4.69) is 36.3 Å². The van der Waals surface area contributed by atoms with Crippen LogP contribution in [0, 0.1) is 20.8 Å². The molecule has 0 unspecified atom stereocenters. The molecule has 0 saturated heterocycles. The van der Waals surface area contributed by atoms with Crippen LogP contribution in [0.5, 0.6) is 0 Å². The Morgan fingerprint density at radius 1 is 1.08 bits per heavy atom. The molecule has 128 valence electrons. The fraction of sp³-hybridized carbons (Fsp3) is 0.238. The summed E-state index contributed by atoms with van der Waals surface area (Å²) >= 11 is 0. The highest BCUT2D eigenvalue weighted by atomic mass is 16.1. The summed E-state index contributed by atoms with van der Waals surface area (Å²) < 4.78 is 2.03. The van der Waals surface area contributed by atoms with E-state index in [0.29, 0.717) is 13.0 Å². The van der Waals surface area contributed by atoms with Gasteiger partial charge in [-0.25, -0.2) is 4.98 Å². The third-order valence-electron chi connectivity index (χ3n) is 4.49. The van der Waals surface area contributed by atoms with Crippen LogP contribution < -0.4 is 5.32 Å². The zero-order chi connectivity index (χ0) is 17.8. The number of para-hydroxylation sites is 1. The number of imidazole rings is 1. The molecule has 25 heavy (non-hydrogen) atoms. The Hall–Kier alpha value is -2.88. The summed E-state index contributed by atoms with van der Waals surface area (Å²) in [6.45, 7) is 6.61. The van der Waals surface area contributed by atoms with Crippen LogP contribution in [-0.4, -0.2) is 15.5 Å². The molecule has 0 spiro atoms. The fourth-order valence-electron chi connectivity index (χ4n) is 2.88. The third kappa shape index (κ3) is 3.97. The van der Waals surface area contributed by atoms with E-state index in [4.69, 9.17) is 0 Å². The minimum atomic E-state index is 0.0282. The van der Waals surface area contributed by atoms with Crippen molar-refractivity contribution in [2.45, 2.75) is 33.7 Å². The highest BCUT2D eigenvalue weighted by Crippen LogP contribution is 2.16. The minimum absolute atomic E-state index is 0.0282. The van der Waals surface area contributed by atoms with Crippen molar-refractivity contribution >= 4 is 5.91 Å². The second-order valence-corrected chi connectivity index (χ2v) is 6.35. The molecule has 0 radical (unpaired) electrons. The monoisotopic (exact) mass is 333 g/mol. The molecule has 1 amide bonds. The highest BCUT2D eigenvalue weighted by Gasteiger charge is 2.09. The number of benzene rings is 2. The quantitative estimate of drug-likeness (QED) is 0.774. The van der Waals surface area contributed by atoms with Crippen molar-refractivity contribution in [1.82, 2.24) is 14.9 Å². The summed E-state index contributed by atoms with van der Waals surface area (Å²) in [6, 6.07) is 14.2. The lowest BCUT2D eigenvalue weighted by atomic mass is 10.0. The van der Waals surface area contributed by atoms with Gasteiger partial charge in [-0.05, 0) is 49.1 Å². The van der Waals surface area contributed by atoms with E-state index in [1.54, 1.807) is 6.20 Å². The summed E-state index contributed by atoms with van der Waals surface area (Å²) in [6.07, 6.45) is 4.11. The molecule has 1 aromatic heterocycles. The normalized spacial score (nSPS) is 10.7. The molecule has 3 aromatic rings. The predicted octanol–water partition coefficient (Wildman–Crippen LogP) is 3.66. The molecule has 0 aliphatic carbocycles. The van der Waals surface area contributed by atoms with Gasteiger partial charge in [-0.15, -0.1) is 0 Å². The lowest BCUT2D eigenvalue weighted by molar-refractivity contribution is -0.120. The van der Waals surface area contributed by atoms with Crippen molar-refractivity contribution in [2.24, 2.45) is 0 Å². The van der Waals surface area contributed by atoms with Gasteiger partial charge in [0.1, 0.15) is 5.82 Å². The molecular weight excluding hydrogens is 310 g/mol. The van der Waals surface area contributed by atoms with Crippen LogP contribution in [0.15, 0.2) is 54.9 Å². The summed E-state index contributed by atoms with van der Waals surface area (Å²) in [5, 5.41) is 3.03. The summed E-state index contributed by atoms with van der Waals surface area (Å²) in [4.78, 5) is 16.6. The van der Waals surface area contributed by atoms with Gasteiger partial charge in [0, 0.05) is 18.9 Å². The zero-order valence-electron chi connectivity index (χ0n) is 14.9. The topological polar surface area (TPSA) is 46.9 Å². The van der Waals surface area contributed by atoms with Gasteiger partial charge in [-0.3, -0.25) is 4.79 Å². The number of hydrogen-bond acceptors (Lipinski definition) is 2. The number of hydrogen-bond donors (Lipinski definition) is 1. The average Bonchev–Trinajstić information content (AvgIpc) is 3.02. The molecule has 0 saturated carbocycles. The van der Waals surface area contributed by atoms with Crippen LogP contribution in [0.1, 0.15) is 28.1 Å². The molecule has 0 fully saturated rings. The van der Waals surface area contributed by atoms with E-state index in [1.165, 1.54) is 11.1 Å². The van der Waals surface area contributed by atoms with Crippen LogP contribution >= 0.6 is 0 Å². The highest BCUT2D eigenvalue weighted by molar-refractivity contribution is 5.78. The van der Waals surface area contributed by atoms with Crippen molar-refractivity contribution in [1.29, 1.82) is 0 Å². The van der Waals surface area contributed by atoms with Gasteiger partial charge in [-0.1, -0.05) is 36.4 Å². The molecule has 4 heteroatoms. The average molecular weight is 333 g/mol. The molecule has 0 bridgehead atoms. The second-order valence-electron chi connectivity index (χ2n) is 6.35. The number of aromatic nitrogens is 2. The maximum atomic E-state index is 12.3. The smallest absolute Gasteiger partial charge is 0.224 e. The third-order valence-corrected chi connectivity index (χ3v) is 4.49. The summed E-state index contributed by atoms with van der Waals surface area (Å²) in [5.74, 6) is 0.953. The Labute approximate surface area is 148 Å². The van der Waals surface area contributed by atoms with Crippen LogP contribution in [0.3, 0.4) is 0 Å². The first-order valence-electron chi connectivity index (χ1n) is 8.45. The summed E-state index contributed by atoms with van der Waals surface area (Å²) in [7, 11) is 0. The Morgan fingerprint density at radius 3 is 2.60 bits per heavy atom. The SMILES string of the molecule is Cc1ccc(CC(=O)NCc2ccccc2-n2ccnc2C)cc1C. The van der Waals surface area contributed by atoms with Gasteiger partial charge in [-0.2, -0.15) is 0 Å². The first-order chi connectivity index (χ1) is 12.0. The van der Waals surface area contributed by atoms with E-state index in [9.17, 15) is 4.79 Å². The lowest BCUT2D eigenvalue weighted by Crippen LogP contribution is -2.25. The molecule has 1 heterocycles. The van der Waals surface area contributed by atoms with E-state index < -0.39 is 0 Å². The number of aryl methyl sites for hydroxylation is 3. The van der Waals surface area contributed by atoms with Gasteiger partial charge in [0.05, 0.1) is 12.1 Å². The molecule has 0 aliphatic rings. The molecule has 0 aliphatic heterocycles. The van der Waals surface area contributed by atoms with E-state index >= 15 is 0 Å². The number of nitrogens with one attached hydrogen (secondary N) is 1. The molecule has 2 aromatic carbocycles. The van der Waals surface area contributed by atoms with Crippen LogP contribution in [-0.2, 0) is 17.8 Å². The number of nitrogens with zero attached hydrogens (tertiary/aromatic N) is 2. The van der Waals surface area contributed by atoms with Crippen molar-refractivity contribution in [3.8, 4) is 5.69 Å². The van der Waals surface area contributed by atoms with Gasteiger partial charge in [0.2, 0.25) is 5.91 Å². The van der Waals surface area contributed by atoms with Gasteiger partial charge >= 0.3 is 0 Å². The van der Waals surface area contributed by atoms with E-state index in [-0.39, 0.29) is 5.91 Å². The van der Waals surface area contributed by atoms with Crippen molar-refractivity contribution in [3.05, 3.63) is 82.9 Å². The first-order valence-corrected chi connectivity index (χ1v) is 8.45. The van der Waals surface area contributed by atoms with Gasteiger partial charge < -0.3 is 9.88 Å². The fourth-order valence-corrected chi connectivity index (χ4v) is 2.88. The number of amides is 1. The second kappa shape index (κ2) is 7.34. The van der Waals surface area contributed by atoms with Crippen molar-refractivity contribution in [3.63, 3.8) is 0 Å². The van der Waals surface area contributed by atoms with Crippen molar-refractivity contribution < 1.29 is 4.79 Å². The number of carbonyl (C=O) groups excluding carboxylic acids is 1. The maximum Gasteiger partial charge on any atom is 0.224 e. The molecule has 3 rings (SSSR count). The number of rotatable bonds is 5. The molecular formula is C21H23N3O. The van der Waals surface area contributed by atoms with E-state index in [1.807, 2.05) is 48.0 Å². The van der Waals surface area contributed by atoms with Gasteiger partial charge in [0.15, 0.2) is 0 Å². The minimum Gasteiger partial charge on any atom is -0.352 e. The lowest BCUT2D eigenvalue weighted by Gasteiger charge is -2.13. The Morgan fingerprint density at radius 2 is 1.88 bits per heavy atom.